The molecule has 8 heteroatoms. The van der Waals surface area contributed by atoms with Gasteiger partial charge in [-0.15, -0.1) is 5.10 Å². The summed E-state index contributed by atoms with van der Waals surface area (Å²) in [6, 6.07) is 1.76. The number of methoxy groups -OCH3 is 1. The molecule has 3 rings (SSSR count). The predicted octanol–water partition coefficient (Wildman–Crippen LogP) is -0.000200. The molecule has 0 aromatic carbocycles. The minimum absolute atomic E-state index is 0.0808. The first-order chi connectivity index (χ1) is 10.7. The number of nitrogens with one attached hydrogen (secondary N) is 2. The Morgan fingerprint density at radius 3 is 3.09 bits per heavy atom. The van der Waals surface area contributed by atoms with Crippen LogP contribution in [0.1, 0.15) is 11.3 Å². The van der Waals surface area contributed by atoms with Crippen LogP contribution in [0, 0.1) is 0 Å². The Morgan fingerprint density at radius 2 is 2.32 bits per heavy atom. The number of hydrogen-bond donors (Lipinski definition) is 2. The van der Waals surface area contributed by atoms with E-state index in [9.17, 15) is 4.79 Å². The lowest BCUT2D eigenvalue weighted by Gasteiger charge is -2.30. The molecule has 0 spiro atoms. The molecule has 1 saturated heterocycles. The van der Waals surface area contributed by atoms with E-state index in [1.165, 1.54) is 0 Å². The second-order valence-electron chi connectivity index (χ2n) is 5.49. The molecule has 2 N–H and O–H groups in total. The van der Waals surface area contributed by atoms with Crippen molar-refractivity contribution in [3.8, 4) is 0 Å². The van der Waals surface area contributed by atoms with Crippen molar-refractivity contribution < 1.29 is 14.3 Å². The third kappa shape index (κ3) is 2.97. The zero-order chi connectivity index (χ0) is 15.5. The predicted molar refractivity (Wildman–Crippen MR) is 79.6 cm³/mol. The number of rotatable bonds is 3. The molecule has 2 aliphatic heterocycles. The third-order valence-corrected chi connectivity index (χ3v) is 4.12. The number of ether oxygens (including phenoxy) is 2. The van der Waals surface area contributed by atoms with Gasteiger partial charge in [-0.25, -0.2) is 4.79 Å². The van der Waals surface area contributed by atoms with Crippen molar-refractivity contribution in [1.82, 2.24) is 20.4 Å². The molecular formula is C14H21N5O3. The molecule has 0 radical (unpaired) electrons. The second-order valence-corrected chi connectivity index (χ2v) is 5.49. The maximum atomic E-state index is 12.4. The molecule has 22 heavy (non-hydrogen) atoms. The SMILES string of the molecule is CNc1cc2c(nn1)CCN(C(=O)N[C@@H]1COC[C@@H]1OC)C2. The van der Waals surface area contributed by atoms with Crippen molar-refractivity contribution in [2.45, 2.75) is 25.1 Å². The van der Waals surface area contributed by atoms with E-state index in [0.717, 1.165) is 11.3 Å². The quantitative estimate of drug-likeness (QED) is 0.817. The Balaban J connectivity index is 1.64. The molecule has 0 unspecified atom stereocenters. The van der Waals surface area contributed by atoms with Gasteiger partial charge in [0, 0.05) is 33.7 Å². The van der Waals surface area contributed by atoms with Crippen LogP contribution < -0.4 is 10.6 Å². The molecule has 8 nitrogen and oxygen atoms in total. The van der Waals surface area contributed by atoms with Crippen molar-refractivity contribution in [2.75, 3.05) is 39.2 Å². The molecule has 3 heterocycles. The summed E-state index contributed by atoms with van der Waals surface area (Å²) >= 11 is 0. The molecule has 120 valence electrons. The Bertz CT molecular complexity index is 553. The minimum Gasteiger partial charge on any atom is -0.377 e. The molecule has 1 aromatic heterocycles. The maximum Gasteiger partial charge on any atom is 0.318 e. The molecule has 0 bridgehead atoms. The van der Waals surface area contributed by atoms with Gasteiger partial charge in [0.2, 0.25) is 0 Å². The summed E-state index contributed by atoms with van der Waals surface area (Å²) < 4.78 is 10.7. The normalized spacial score (nSPS) is 24.0. The average Bonchev–Trinajstić information content (AvgIpc) is 3.00. The largest absolute Gasteiger partial charge is 0.377 e. The number of anilines is 1. The van der Waals surface area contributed by atoms with E-state index < -0.39 is 0 Å². The number of nitrogens with zero attached hydrogens (tertiary/aromatic N) is 3. The van der Waals surface area contributed by atoms with Crippen molar-refractivity contribution in [1.29, 1.82) is 0 Å². The molecule has 2 amide bonds. The first kappa shape index (κ1) is 15.0. The highest BCUT2D eigenvalue weighted by Gasteiger charge is 2.31. The van der Waals surface area contributed by atoms with Gasteiger partial charge < -0.3 is 25.0 Å². The monoisotopic (exact) mass is 307 g/mol. The highest BCUT2D eigenvalue weighted by Crippen LogP contribution is 2.19. The lowest BCUT2D eigenvalue weighted by molar-refractivity contribution is 0.0733. The Morgan fingerprint density at radius 1 is 1.45 bits per heavy atom. The van der Waals surface area contributed by atoms with Gasteiger partial charge in [0.25, 0.3) is 0 Å². The van der Waals surface area contributed by atoms with Crippen LogP contribution in [0.3, 0.4) is 0 Å². The van der Waals surface area contributed by atoms with E-state index >= 15 is 0 Å². The van der Waals surface area contributed by atoms with Crippen molar-refractivity contribution in [3.05, 3.63) is 17.3 Å². The molecule has 2 aliphatic rings. The van der Waals surface area contributed by atoms with Gasteiger partial charge >= 0.3 is 6.03 Å². The molecular weight excluding hydrogens is 286 g/mol. The third-order valence-electron chi connectivity index (χ3n) is 4.12. The lowest BCUT2D eigenvalue weighted by Crippen LogP contribution is -2.50. The molecule has 2 atom stereocenters. The molecule has 0 aliphatic carbocycles. The molecule has 0 saturated carbocycles. The summed E-state index contributed by atoms with van der Waals surface area (Å²) in [5.41, 5.74) is 1.99. The zero-order valence-corrected chi connectivity index (χ0v) is 12.8. The highest BCUT2D eigenvalue weighted by molar-refractivity contribution is 5.75. The van der Waals surface area contributed by atoms with Crippen LogP contribution in [0.15, 0.2) is 6.07 Å². The first-order valence-electron chi connectivity index (χ1n) is 7.40. The van der Waals surface area contributed by atoms with E-state index in [1.54, 1.807) is 19.1 Å². The lowest BCUT2D eigenvalue weighted by atomic mass is 10.1. The van der Waals surface area contributed by atoms with Crippen molar-refractivity contribution >= 4 is 11.8 Å². The fourth-order valence-electron chi connectivity index (χ4n) is 2.78. The standard InChI is InChI=1S/C14H21N5O3/c1-15-13-5-9-6-19(4-3-10(9)17-18-13)14(20)16-11-7-22-8-12(11)21-2/h5,11-12H,3-4,6-8H2,1-2H3,(H,15,18)(H,16,20)/t11-,12+/m1/s1. The highest BCUT2D eigenvalue weighted by atomic mass is 16.5. The van der Waals surface area contributed by atoms with Gasteiger partial charge in [0.05, 0.1) is 24.9 Å². The van der Waals surface area contributed by atoms with Crippen molar-refractivity contribution in [3.63, 3.8) is 0 Å². The van der Waals surface area contributed by atoms with Crippen LogP contribution in [-0.2, 0) is 22.4 Å². The maximum absolute atomic E-state index is 12.4. The Hall–Kier alpha value is -1.93. The fraction of sp³-hybridized carbons (Fsp3) is 0.643. The summed E-state index contributed by atoms with van der Waals surface area (Å²) in [7, 11) is 3.43. The summed E-state index contributed by atoms with van der Waals surface area (Å²) in [4.78, 5) is 14.2. The van der Waals surface area contributed by atoms with Gasteiger partial charge in [-0.05, 0) is 11.6 Å². The van der Waals surface area contributed by atoms with E-state index in [1.807, 2.05) is 6.07 Å². The number of urea groups is 1. The number of carbonyl (C=O) groups excluding carboxylic acids is 1. The second kappa shape index (κ2) is 6.45. The fourth-order valence-corrected chi connectivity index (χ4v) is 2.78. The molecule has 1 fully saturated rings. The number of fused-ring (bicyclic) bond motifs is 1. The summed E-state index contributed by atoms with van der Waals surface area (Å²) in [5, 5.41) is 14.2. The van der Waals surface area contributed by atoms with E-state index in [0.29, 0.717) is 38.5 Å². The smallest absolute Gasteiger partial charge is 0.318 e. The van der Waals surface area contributed by atoms with Gasteiger partial charge in [-0.1, -0.05) is 0 Å². The van der Waals surface area contributed by atoms with Crippen molar-refractivity contribution in [2.24, 2.45) is 0 Å². The van der Waals surface area contributed by atoms with Crippen LogP contribution in [0.25, 0.3) is 0 Å². The Labute approximate surface area is 129 Å². The van der Waals surface area contributed by atoms with Gasteiger partial charge in [-0.3, -0.25) is 0 Å². The van der Waals surface area contributed by atoms with Gasteiger partial charge in [0.15, 0.2) is 0 Å². The first-order valence-corrected chi connectivity index (χ1v) is 7.40. The zero-order valence-electron chi connectivity index (χ0n) is 12.8. The average molecular weight is 307 g/mol. The van der Waals surface area contributed by atoms with Crippen LogP contribution >= 0.6 is 0 Å². The summed E-state index contributed by atoms with van der Waals surface area (Å²) in [6.45, 7) is 2.18. The van der Waals surface area contributed by atoms with Crippen LogP contribution in [0.5, 0.6) is 0 Å². The summed E-state index contributed by atoms with van der Waals surface area (Å²) in [5.74, 6) is 0.713. The van der Waals surface area contributed by atoms with Crippen LogP contribution in [0.2, 0.25) is 0 Å². The molecule has 1 aromatic rings. The Kier molecular flexibility index (Phi) is 4.39. The number of aromatic nitrogens is 2. The number of carbonyl (C=O) groups is 1. The summed E-state index contributed by atoms with van der Waals surface area (Å²) in [6.07, 6.45) is 0.636. The number of hydrogen-bond acceptors (Lipinski definition) is 6. The van der Waals surface area contributed by atoms with Crippen LogP contribution in [0.4, 0.5) is 10.6 Å². The van der Waals surface area contributed by atoms with E-state index in [4.69, 9.17) is 9.47 Å². The topological polar surface area (TPSA) is 88.6 Å². The minimum atomic E-state index is -0.0951. The van der Waals surface area contributed by atoms with Gasteiger partial charge in [0.1, 0.15) is 11.9 Å². The number of amides is 2. The van der Waals surface area contributed by atoms with E-state index in [2.05, 4.69) is 20.8 Å². The van der Waals surface area contributed by atoms with Gasteiger partial charge in [-0.2, -0.15) is 5.10 Å². The van der Waals surface area contributed by atoms with Crippen LogP contribution in [-0.4, -0.2) is 67.2 Å². The van der Waals surface area contributed by atoms with E-state index in [-0.39, 0.29) is 18.2 Å².